The summed E-state index contributed by atoms with van der Waals surface area (Å²) < 4.78 is 4.73. The lowest BCUT2D eigenvalue weighted by atomic mass is 9.91. The highest BCUT2D eigenvalue weighted by atomic mass is 15.0. The molecule has 0 unspecified atom stereocenters. The summed E-state index contributed by atoms with van der Waals surface area (Å²) in [5, 5.41) is 15.4. The Labute approximate surface area is 301 Å². The average Bonchev–Trinajstić information content (AvgIpc) is 3.73. The van der Waals surface area contributed by atoms with Crippen LogP contribution in [0.2, 0.25) is 0 Å². The first-order chi connectivity index (χ1) is 25.8. The summed E-state index contributed by atoms with van der Waals surface area (Å²) in [6.45, 7) is 0. The van der Waals surface area contributed by atoms with E-state index in [4.69, 9.17) is 0 Å². The molecule has 3 heteroatoms. The molecule has 0 aliphatic heterocycles. The van der Waals surface area contributed by atoms with Crippen molar-refractivity contribution in [1.29, 1.82) is 5.26 Å². The molecule has 10 aromatic rings. The van der Waals surface area contributed by atoms with E-state index in [1.165, 1.54) is 38.1 Å². The average molecular weight is 662 g/mol. The molecule has 0 aliphatic rings. The maximum atomic E-state index is 10.6. The Morgan fingerprint density at radius 3 is 1.40 bits per heavy atom. The molecule has 10 rings (SSSR count). The third-order valence-electron chi connectivity index (χ3n) is 10.4. The molecular weight excluding hydrogens is 631 g/mol. The molecule has 0 spiro atoms. The first-order valence-electron chi connectivity index (χ1n) is 17.6. The number of nitriles is 1. The number of benzene rings is 8. The fraction of sp³-hybridized carbons (Fsp3) is 0. The Hall–Kier alpha value is -7.15. The first-order valence-corrected chi connectivity index (χ1v) is 17.6. The number of para-hydroxylation sites is 3. The van der Waals surface area contributed by atoms with Crippen molar-refractivity contribution in [2.75, 3.05) is 0 Å². The lowest BCUT2D eigenvalue weighted by molar-refractivity contribution is 1.18. The van der Waals surface area contributed by atoms with Crippen molar-refractivity contribution in [3.63, 3.8) is 0 Å². The number of hydrogen-bond acceptors (Lipinski definition) is 1. The molecule has 8 aromatic carbocycles. The largest absolute Gasteiger partial charge is 0.309 e. The molecule has 0 saturated heterocycles. The number of rotatable bonds is 5. The Bertz CT molecular complexity index is 2940. The predicted molar refractivity (Wildman–Crippen MR) is 216 cm³/mol. The summed E-state index contributed by atoms with van der Waals surface area (Å²) in [5.41, 5.74) is 13.7. The van der Waals surface area contributed by atoms with Crippen molar-refractivity contribution >= 4 is 43.6 Å². The smallest absolute Gasteiger partial charge is 0.100 e. The molecule has 0 saturated carbocycles. The van der Waals surface area contributed by atoms with Gasteiger partial charge in [0.1, 0.15) is 6.07 Å². The third-order valence-corrected chi connectivity index (χ3v) is 10.4. The number of aromatic nitrogens is 2. The van der Waals surface area contributed by atoms with Gasteiger partial charge in [0.05, 0.1) is 27.6 Å². The van der Waals surface area contributed by atoms with Gasteiger partial charge in [-0.25, -0.2) is 0 Å². The topological polar surface area (TPSA) is 33.6 Å². The van der Waals surface area contributed by atoms with Crippen LogP contribution in [0, 0.1) is 11.3 Å². The normalized spacial score (nSPS) is 11.4. The molecule has 242 valence electrons. The van der Waals surface area contributed by atoms with Crippen LogP contribution in [0.3, 0.4) is 0 Å². The summed E-state index contributed by atoms with van der Waals surface area (Å²) in [7, 11) is 0. The van der Waals surface area contributed by atoms with Crippen LogP contribution in [-0.2, 0) is 0 Å². The monoisotopic (exact) mass is 661 g/mol. The van der Waals surface area contributed by atoms with Gasteiger partial charge in [0.15, 0.2) is 0 Å². The molecule has 0 atom stereocenters. The van der Waals surface area contributed by atoms with Crippen LogP contribution < -0.4 is 0 Å². The minimum absolute atomic E-state index is 0.674. The molecule has 0 fully saturated rings. The highest BCUT2D eigenvalue weighted by molar-refractivity contribution is 6.12. The lowest BCUT2D eigenvalue weighted by Crippen LogP contribution is -1.99. The van der Waals surface area contributed by atoms with Crippen molar-refractivity contribution in [2.45, 2.75) is 0 Å². The maximum Gasteiger partial charge on any atom is 0.100 e. The summed E-state index contributed by atoms with van der Waals surface area (Å²) in [4.78, 5) is 0. The number of nitrogens with zero attached hydrogens (tertiary/aromatic N) is 3. The molecule has 0 aliphatic carbocycles. The highest BCUT2D eigenvalue weighted by Crippen LogP contribution is 2.41. The van der Waals surface area contributed by atoms with Crippen LogP contribution in [-0.4, -0.2) is 9.13 Å². The van der Waals surface area contributed by atoms with Gasteiger partial charge < -0.3 is 9.13 Å². The van der Waals surface area contributed by atoms with Crippen LogP contribution in [0.25, 0.3) is 88.4 Å². The van der Waals surface area contributed by atoms with E-state index in [2.05, 4.69) is 167 Å². The SMILES string of the molecule is N#Cc1c(-c2ccccc2)cc(-n2c3ccccc3c3cc(-c4ccc5c6ccccc6n(-c6ccccc6)c5c4)ccc32)cc1-c1ccccc1. The molecule has 52 heavy (non-hydrogen) atoms. The second-order valence-corrected chi connectivity index (χ2v) is 13.3. The van der Waals surface area contributed by atoms with E-state index in [0.29, 0.717) is 5.56 Å². The van der Waals surface area contributed by atoms with Gasteiger partial charge in [-0.1, -0.05) is 133 Å². The lowest BCUT2D eigenvalue weighted by Gasteiger charge is -2.16. The van der Waals surface area contributed by atoms with Gasteiger partial charge in [-0.2, -0.15) is 5.26 Å². The zero-order chi connectivity index (χ0) is 34.6. The van der Waals surface area contributed by atoms with Crippen molar-refractivity contribution in [3.8, 4) is 50.8 Å². The van der Waals surface area contributed by atoms with Gasteiger partial charge in [-0.05, 0) is 76.9 Å². The van der Waals surface area contributed by atoms with Crippen molar-refractivity contribution in [2.24, 2.45) is 0 Å². The Kier molecular flexibility index (Phi) is 6.87. The van der Waals surface area contributed by atoms with Crippen LogP contribution in [0.5, 0.6) is 0 Å². The van der Waals surface area contributed by atoms with Crippen molar-refractivity contribution in [3.05, 3.63) is 194 Å². The number of hydrogen-bond donors (Lipinski definition) is 0. The van der Waals surface area contributed by atoms with E-state index >= 15 is 0 Å². The fourth-order valence-electron chi connectivity index (χ4n) is 8.00. The van der Waals surface area contributed by atoms with Gasteiger partial charge in [-0.3, -0.25) is 0 Å². The molecule has 2 heterocycles. The van der Waals surface area contributed by atoms with E-state index in [1.54, 1.807) is 0 Å². The molecule has 0 bridgehead atoms. The van der Waals surface area contributed by atoms with E-state index in [9.17, 15) is 5.26 Å². The molecular formula is C49H31N3. The van der Waals surface area contributed by atoms with Crippen molar-refractivity contribution < 1.29 is 0 Å². The van der Waals surface area contributed by atoms with Crippen LogP contribution in [0.15, 0.2) is 188 Å². The second kappa shape index (κ2) is 12.0. The van der Waals surface area contributed by atoms with Gasteiger partial charge in [0, 0.05) is 44.0 Å². The van der Waals surface area contributed by atoms with Crippen LogP contribution in [0.1, 0.15) is 5.56 Å². The predicted octanol–water partition coefficient (Wildman–Crippen LogP) is 12.8. The number of fused-ring (bicyclic) bond motifs is 6. The maximum absolute atomic E-state index is 10.6. The Morgan fingerprint density at radius 1 is 0.327 bits per heavy atom. The van der Waals surface area contributed by atoms with E-state index in [-0.39, 0.29) is 0 Å². The van der Waals surface area contributed by atoms with E-state index in [0.717, 1.165) is 50.2 Å². The van der Waals surface area contributed by atoms with Gasteiger partial charge in [0.2, 0.25) is 0 Å². The minimum Gasteiger partial charge on any atom is -0.309 e. The summed E-state index contributed by atoms with van der Waals surface area (Å²) >= 11 is 0. The van der Waals surface area contributed by atoms with Crippen molar-refractivity contribution in [1.82, 2.24) is 9.13 Å². The molecule has 0 radical (unpaired) electrons. The van der Waals surface area contributed by atoms with Crippen LogP contribution >= 0.6 is 0 Å². The second-order valence-electron chi connectivity index (χ2n) is 13.3. The van der Waals surface area contributed by atoms with Crippen LogP contribution in [0.4, 0.5) is 0 Å². The van der Waals surface area contributed by atoms with Gasteiger partial charge >= 0.3 is 0 Å². The zero-order valence-electron chi connectivity index (χ0n) is 28.2. The highest BCUT2D eigenvalue weighted by Gasteiger charge is 2.19. The summed E-state index contributed by atoms with van der Waals surface area (Å²) in [6, 6.07) is 69.0. The fourth-order valence-corrected chi connectivity index (χ4v) is 8.00. The Balaban J connectivity index is 1.20. The first kappa shape index (κ1) is 29.7. The van der Waals surface area contributed by atoms with Gasteiger partial charge in [0.25, 0.3) is 0 Å². The standard InChI is InChI=1S/C49H31N3/c50-32-45-42(33-14-4-1-5-15-33)30-38(31-43(45)34-16-6-2-7-17-34)52-47-23-13-11-21-40(47)44-28-35(25-27-48(44)52)36-24-26-41-39-20-10-12-22-46(39)51(49(41)29-36)37-18-8-3-9-19-37/h1-31H. The van der Waals surface area contributed by atoms with Gasteiger partial charge in [-0.15, -0.1) is 0 Å². The molecule has 0 N–H and O–H groups in total. The summed E-state index contributed by atoms with van der Waals surface area (Å²) in [5.74, 6) is 0. The minimum atomic E-state index is 0.674. The van der Waals surface area contributed by atoms with E-state index < -0.39 is 0 Å². The van der Waals surface area contributed by atoms with E-state index in [1.807, 2.05) is 36.4 Å². The molecule has 3 nitrogen and oxygen atoms in total. The molecule has 0 amide bonds. The summed E-state index contributed by atoms with van der Waals surface area (Å²) in [6.07, 6.45) is 0. The third kappa shape index (κ3) is 4.66. The Morgan fingerprint density at radius 2 is 0.788 bits per heavy atom. The zero-order valence-corrected chi connectivity index (χ0v) is 28.2. The quantitative estimate of drug-likeness (QED) is 0.181. The molecule has 2 aromatic heterocycles.